The molecule has 0 aliphatic heterocycles. The zero-order valence-electron chi connectivity index (χ0n) is 20.5. The lowest BCUT2D eigenvalue weighted by molar-refractivity contribution is 1.01. The minimum atomic E-state index is 0.492. The molecule has 2 aromatic heterocycles. The molecule has 38 heavy (non-hydrogen) atoms. The molecule has 6 rings (SSSR count). The van der Waals surface area contributed by atoms with Gasteiger partial charge in [-0.3, -0.25) is 0 Å². The normalized spacial score (nSPS) is 10.6. The van der Waals surface area contributed by atoms with E-state index in [0.29, 0.717) is 11.9 Å². The van der Waals surface area contributed by atoms with Gasteiger partial charge in [-0.15, -0.1) is 0 Å². The largest absolute Gasteiger partial charge is 0.310 e. The Morgan fingerprint density at radius 1 is 0.342 bits per heavy atom. The summed E-state index contributed by atoms with van der Waals surface area (Å²) in [5.41, 5.74) is 6.10. The van der Waals surface area contributed by atoms with E-state index in [0.717, 1.165) is 33.9 Å². The fourth-order valence-electron chi connectivity index (χ4n) is 4.49. The number of nitrogens with zero attached hydrogens (tertiary/aromatic N) is 6. The second-order valence-electron chi connectivity index (χ2n) is 8.47. The molecular weight excluding hydrogens is 468 g/mol. The van der Waals surface area contributed by atoms with Crippen LogP contribution in [-0.4, -0.2) is 19.9 Å². The first-order valence-electron chi connectivity index (χ1n) is 12.3. The highest BCUT2D eigenvalue weighted by atomic mass is 15.3. The Hall–Kier alpha value is -5.36. The summed E-state index contributed by atoms with van der Waals surface area (Å²) in [6, 6.07) is 41.0. The first-order valence-corrected chi connectivity index (χ1v) is 12.3. The monoisotopic (exact) mass is 492 g/mol. The van der Waals surface area contributed by atoms with E-state index in [2.05, 4.69) is 104 Å². The zero-order chi connectivity index (χ0) is 25.6. The van der Waals surface area contributed by atoms with Crippen molar-refractivity contribution >= 4 is 34.6 Å². The van der Waals surface area contributed by atoms with Gasteiger partial charge in [0.15, 0.2) is 0 Å². The summed E-state index contributed by atoms with van der Waals surface area (Å²) in [5.74, 6) is 0.984. The van der Waals surface area contributed by atoms with Crippen molar-refractivity contribution in [2.24, 2.45) is 0 Å². The SMILES string of the molecule is c1ccc(N(c2ccccc2)c2ccccc2-c2ccccc2N(c2ncccn2)c2ncccn2)cc1. The van der Waals surface area contributed by atoms with Gasteiger partial charge in [-0.1, -0.05) is 72.8 Å². The third kappa shape index (κ3) is 4.58. The lowest BCUT2D eigenvalue weighted by atomic mass is 9.99. The highest BCUT2D eigenvalue weighted by Crippen LogP contribution is 2.44. The van der Waals surface area contributed by atoms with Crippen molar-refractivity contribution in [1.29, 1.82) is 0 Å². The Morgan fingerprint density at radius 3 is 1.16 bits per heavy atom. The molecule has 0 atom stereocenters. The topological polar surface area (TPSA) is 58.0 Å². The van der Waals surface area contributed by atoms with Crippen LogP contribution in [0.15, 0.2) is 146 Å². The number of aromatic nitrogens is 4. The van der Waals surface area contributed by atoms with Gasteiger partial charge >= 0.3 is 0 Å². The fraction of sp³-hybridized carbons (Fsp3) is 0. The molecular formula is C32H24N6. The van der Waals surface area contributed by atoms with Gasteiger partial charge in [-0.25, -0.2) is 24.8 Å². The Kier molecular flexibility index (Phi) is 6.51. The molecule has 2 heterocycles. The van der Waals surface area contributed by atoms with Crippen molar-refractivity contribution in [2.45, 2.75) is 0 Å². The van der Waals surface area contributed by atoms with Gasteiger partial charge in [0, 0.05) is 47.3 Å². The summed E-state index contributed by atoms with van der Waals surface area (Å²) in [5, 5.41) is 0. The lowest BCUT2D eigenvalue weighted by Crippen LogP contribution is -2.17. The molecule has 0 radical (unpaired) electrons. The Balaban J connectivity index is 1.58. The second kappa shape index (κ2) is 10.7. The Morgan fingerprint density at radius 2 is 0.711 bits per heavy atom. The van der Waals surface area contributed by atoms with Gasteiger partial charge in [-0.05, 0) is 48.5 Å². The van der Waals surface area contributed by atoms with E-state index in [4.69, 9.17) is 0 Å². The average Bonchev–Trinajstić information content (AvgIpc) is 3.00. The van der Waals surface area contributed by atoms with Crippen molar-refractivity contribution in [3.63, 3.8) is 0 Å². The molecule has 0 saturated carbocycles. The molecule has 0 spiro atoms. The van der Waals surface area contributed by atoms with Crippen molar-refractivity contribution in [2.75, 3.05) is 9.80 Å². The molecule has 182 valence electrons. The minimum absolute atomic E-state index is 0.492. The lowest BCUT2D eigenvalue weighted by Gasteiger charge is -2.29. The number of anilines is 6. The summed E-state index contributed by atoms with van der Waals surface area (Å²) in [6.45, 7) is 0. The summed E-state index contributed by atoms with van der Waals surface area (Å²) in [6.07, 6.45) is 6.89. The number of benzene rings is 4. The van der Waals surface area contributed by atoms with Crippen molar-refractivity contribution in [1.82, 2.24) is 19.9 Å². The molecule has 6 aromatic rings. The molecule has 0 N–H and O–H groups in total. The van der Waals surface area contributed by atoms with E-state index in [-0.39, 0.29) is 0 Å². The molecule has 4 aromatic carbocycles. The van der Waals surface area contributed by atoms with E-state index in [1.807, 2.05) is 35.2 Å². The first-order chi connectivity index (χ1) is 18.9. The molecule has 6 nitrogen and oxygen atoms in total. The smallest absolute Gasteiger partial charge is 0.236 e. The zero-order valence-corrected chi connectivity index (χ0v) is 20.5. The molecule has 0 aliphatic carbocycles. The van der Waals surface area contributed by atoms with Gasteiger partial charge < -0.3 is 4.90 Å². The van der Waals surface area contributed by atoms with Crippen LogP contribution in [0.4, 0.5) is 34.6 Å². The number of hydrogen-bond donors (Lipinski definition) is 0. The first kappa shape index (κ1) is 23.1. The molecule has 6 heteroatoms. The van der Waals surface area contributed by atoms with Gasteiger partial charge in [0.05, 0.1) is 11.4 Å². The van der Waals surface area contributed by atoms with E-state index in [9.17, 15) is 0 Å². The van der Waals surface area contributed by atoms with Crippen molar-refractivity contribution in [3.05, 3.63) is 146 Å². The summed E-state index contributed by atoms with van der Waals surface area (Å²) < 4.78 is 0. The Bertz CT molecular complexity index is 1410. The highest BCUT2D eigenvalue weighted by Gasteiger charge is 2.23. The minimum Gasteiger partial charge on any atom is -0.310 e. The number of para-hydroxylation sites is 4. The van der Waals surface area contributed by atoms with Crippen LogP contribution in [0.3, 0.4) is 0 Å². The maximum Gasteiger partial charge on any atom is 0.236 e. The fourth-order valence-corrected chi connectivity index (χ4v) is 4.49. The highest BCUT2D eigenvalue weighted by molar-refractivity contribution is 5.94. The van der Waals surface area contributed by atoms with Crippen LogP contribution in [0.1, 0.15) is 0 Å². The van der Waals surface area contributed by atoms with E-state index in [1.54, 1.807) is 36.9 Å². The van der Waals surface area contributed by atoms with Crippen LogP contribution >= 0.6 is 0 Å². The van der Waals surface area contributed by atoms with Gasteiger partial charge in [0.2, 0.25) is 11.9 Å². The van der Waals surface area contributed by atoms with Crippen molar-refractivity contribution < 1.29 is 0 Å². The molecule has 0 amide bonds. The van der Waals surface area contributed by atoms with Crippen LogP contribution in [0.2, 0.25) is 0 Å². The standard InChI is InChI=1S/C32H24N6/c1-3-13-25(14-4-1)37(26-15-5-2-6-16-26)29-19-9-7-17-27(29)28-18-8-10-20-30(28)38(31-33-21-11-22-34-31)32-35-23-12-24-36-32/h1-24H. The number of rotatable bonds is 7. The molecule has 0 bridgehead atoms. The summed E-state index contributed by atoms with van der Waals surface area (Å²) in [7, 11) is 0. The number of hydrogen-bond acceptors (Lipinski definition) is 6. The molecule has 0 saturated heterocycles. The van der Waals surface area contributed by atoms with Crippen LogP contribution in [0.5, 0.6) is 0 Å². The van der Waals surface area contributed by atoms with Crippen LogP contribution in [0, 0.1) is 0 Å². The maximum absolute atomic E-state index is 4.54. The van der Waals surface area contributed by atoms with Crippen LogP contribution in [-0.2, 0) is 0 Å². The van der Waals surface area contributed by atoms with Gasteiger partial charge in [0.1, 0.15) is 0 Å². The summed E-state index contributed by atoms with van der Waals surface area (Å²) >= 11 is 0. The van der Waals surface area contributed by atoms with Gasteiger partial charge in [-0.2, -0.15) is 0 Å². The molecule has 0 unspecified atom stereocenters. The van der Waals surface area contributed by atoms with E-state index < -0.39 is 0 Å². The predicted molar refractivity (Wildman–Crippen MR) is 152 cm³/mol. The van der Waals surface area contributed by atoms with E-state index >= 15 is 0 Å². The predicted octanol–water partition coefficient (Wildman–Crippen LogP) is 7.87. The maximum atomic E-state index is 4.54. The van der Waals surface area contributed by atoms with E-state index in [1.165, 1.54) is 0 Å². The third-order valence-electron chi connectivity index (χ3n) is 6.11. The third-order valence-corrected chi connectivity index (χ3v) is 6.11. The second-order valence-corrected chi connectivity index (χ2v) is 8.47. The quantitative estimate of drug-likeness (QED) is 0.226. The molecule has 0 aliphatic rings. The molecule has 0 fully saturated rings. The van der Waals surface area contributed by atoms with Crippen molar-refractivity contribution in [3.8, 4) is 11.1 Å². The Labute approximate surface area is 221 Å². The van der Waals surface area contributed by atoms with Crippen LogP contribution < -0.4 is 9.80 Å². The van der Waals surface area contributed by atoms with Crippen LogP contribution in [0.25, 0.3) is 11.1 Å². The average molecular weight is 493 g/mol. The summed E-state index contributed by atoms with van der Waals surface area (Å²) in [4.78, 5) is 22.3. The van der Waals surface area contributed by atoms with Gasteiger partial charge in [0.25, 0.3) is 0 Å².